The van der Waals surface area contributed by atoms with Gasteiger partial charge < -0.3 is 19.9 Å². The van der Waals surface area contributed by atoms with E-state index in [0.717, 1.165) is 38.5 Å². The Morgan fingerprint density at radius 2 is 1.65 bits per heavy atom. The zero-order chi connectivity index (χ0) is 18.5. The van der Waals surface area contributed by atoms with Gasteiger partial charge in [0.15, 0.2) is 0 Å². The Morgan fingerprint density at radius 3 is 2.38 bits per heavy atom. The number of unbranched alkanes of at least 4 members (excludes halogenated alkanes) is 3. The highest BCUT2D eigenvalue weighted by Crippen LogP contribution is 2.54. The van der Waals surface area contributed by atoms with Crippen molar-refractivity contribution >= 4 is 12.0 Å². The maximum absolute atomic E-state index is 11.6. The smallest absolute Gasteiger partial charge is 0.329 e. The Kier molecular flexibility index (Phi) is 6.72. The minimum atomic E-state index is -0.718. The van der Waals surface area contributed by atoms with Gasteiger partial charge in [-0.25, -0.2) is 10.2 Å². The van der Waals surface area contributed by atoms with E-state index >= 15 is 0 Å². The van der Waals surface area contributed by atoms with Crippen molar-refractivity contribution in [2.24, 2.45) is 11.8 Å². The van der Waals surface area contributed by atoms with Gasteiger partial charge in [0, 0.05) is 25.4 Å². The normalized spacial score (nSPS) is 33.7. The molecule has 6 atom stereocenters. The van der Waals surface area contributed by atoms with Crippen LogP contribution in [-0.2, 0) is 14.3 Å². The average molecular weight is 369 g/mol. The molecule has 0 aromatic heterocycles. The Morgan fingerprint density at radius 1 is 0.962 bits per heavy atom. The Bertz CT molecular complexity index is 503. The highest BCUT2D eigenvalue weighted by Gasteiger charge is 2.68. The molecule has 8 heteroatoms. The van der Waals surface area contributed by atoms with Crippen LogP contribution in [0.15, 0.2) is 0 Å². The molecule has 3 rings (SSSR count). The summed E-state index contributed by atoms with van der Waals surface area (Å²) in [5.74, 6) is 0.0653. The number of ether oxygens (including phenoxy) is 2. The highest BCUT2D eigenvalue weighted by molar-refractivity contribution is 5.73. The van der Waals surface area contributed by atoms with E-state index in [1.807, 2.05) is 6.92 Å². The molecule has 0 saturated carbocycles. The fourth-order valence-corrected chi connectivity index (χ4v) is 4.37. The number of carboxylic acid groups (broad SMARTS) is 1. The first-order valence-electron chi connectivity index (χ1n) is 9.91. The summed E-state index contributed by atoms with van der Waals surface area (Å²) in [7, 11) is 0. The molecular weight excluding hydrogens is 338 g/mol. The van der Waals surface area contributed by atoms with Gasteiger partial charge in [-0.2, -0.15) is 0 Å². The van der Waals surface area contributed by atoms with Crippen molar-refractivity contribution in [3.63, 3.8) is 0 Å². The lowest BCUT2D eigenvalue weighted by Gasteiger charge is -2.26. The number of nitrogens with one attached hydrogen (secondary N) is 3. The van der Waals surface area contributed by atoms with Crippen LogP contribution in [0.5, 0.6) is 0 Å². The maximum Gasteiger partial charge on any atom is 0.329 e. The van der Waals surface area contributed by atoms with Gasteiger partial charge in [-0.3, -0.25) is 10.2 Å². The molecule has 0 aromatic carbocycles. The number of aliphatic carboxylic acids is 1. The minimum Gasteiger partial charge on any atom is -0.481 e. The zero-order valence-electron chi connectivity index (χ0n) is 15.4. The molecule has 4 N–H and O–H groups in total. The van der Waals surface area contributed by atoms with Gasteiger partial charge in [-0.1, -0.05) is 26.2 Å². The summed E-state index contributed by atoms with van der Waals surface area (Å²) in [5.41, 5.74) is 5.75. The average Bonchev–Trinajstić information content (AvgIpc) is 3.24. The third-order valence-corrected chi connectivity index (χ3v) is 5.67. The van der Waals surface area contributed by atoms with E-state index in [1.54, 1.807) is 0 Å². The minimum absolute atomic E-state index is 0.134. The predicted octanol–water partition coefficient (Wildman–Crippen LogP) is 1.41. The van der Waals surface area contributed by atoms with Crippen LogP contribution in [0.2, 0.25) is 0 Å². The van der Waals surface area contributed by atoms with Gasteiger partial charge in [0.05, 0.1) is 12.2 Å². The van der Waals surface area contributed by atoms with Crippen LogP contribution >= 0.6 is 0 Å². The van der Waals surface area contributed by atoms with Crippen molar-refractivity contribution in [2.45, 2.75) is 76.3 Å². The molecule has 0 radical (unpaired) electrons. The van der Waals surface area contributed by atoms with E-state index in [2.05, 4.69) is 16.2 Å². The number of amides is 2. The predicted molar refractivity (Wildman–Crippen MR) is 94.5 cm³/mol. The second-order valence-corrected chi connectivity index (χ2v) is 7.57. The first kappa shape index (κ1) is 19.4. The van der Waals surface area contributed by atoms with Crippen LogP contribution in [0.25, 0.3) is 0 Å². The number of hydrazine groups is 1. The van der Waals surface area contributed by atoms with Crippen molar-refractivity contribution in [3.8, 4) is 0 Å². The molecular formula is C18H31N3O5. The number of rotatable bonds is 12. The molecule has 26 heavy (non-hydrogen) atoms. The largest absolute Gasteiger partial charge is 0.481 e. The van der Waals surface area contributed by atoms with Crippen molar-refractivity contribution in [1.82, 2.24) is 16.2 Å². The summed E-state index contributed by atoms with van der Waals surface area (Å²) in [6, 6.07) is -0.202. The number of hydrogen-bond acceptors (Lipinski definition) is 5. The molecule has 0 spiro atoms. The van der Waals surface area contributed by atoms with Crippen LogP contribution in [0.1, 0.15) is 51.9 Å². The summed E-state index contributed by atoms with van der Waals surface area (Å²) in [6.45, 7) is 3.35. The number of hydrogen-bond donors (Lipinski definition) is 4. The fourth-order valence-electron chi connectivity index (χ4n) is 4.37. The van der Waals surface area contributed by atoms with E-state index < -0.39 is 5.97 Å². The third-order valence-electron chi connectivity index (χ3n) is 5.67. The molecule has 0 aliphatic carbocycles. The molecule has 2 bridgehead atoms. The van der Waals surface area contributed by atoms with E-state index in [-0.39, 0.29) is 36.9 Å². The van der Waals surface area contributed by atoms with Crippen LogP contribution in [0, 0.1) is 11.8 Å². The number of carbonyl (C=O) groups is 2. The standard InChI is InChI=1S/C18H31N3O5/c1-2-9-19-18(24)21-20-10-12-11(7-5-3-4-6-8-13(22)23)14-16-17(26-16)15(12)25-14/h11-12,14-17,20H,2-10H2,1H3,(H,22,23)(H2,19,21,24)/t11-,12+,14+,15-,16-,17+/m1/s1. The lowest BCUT2D eigenvalue weighted by molar-refractivity contribution is -0.137. The summed E-state index contributed by atoms with van der Waals surface area (Å²) >= 11 is 0. The summed E-state index contributed by atoms with van der Waals surface area (Å²) in [4.78, 5) is 22.2. The molecule has 3 fully saturated rings. The first-order chi connectivity index (χ1) is 12.6. The van der Waals surface area contributed by atoms with Crippen LogP contribution in [0.3, 0.4) is 0 Å². The number of urea groups is 1. The molecule has 0 aromatic rings. The van der Waals surface area contributed by atoms with Crippen molar-refractivity contribution in [1.29, 1.82) is 0 Å². The van der Waals surface area contributed by atoms with Crippen molar-refractivity contribution in [2.75, 3.05) is 13.1 Å². The Hall–Kier alpha value is -1.38. The quantitative estimate of drug-likeness (QED) is 0.235. The van der Waals surface area contributed by atoms with Gasteiger partial charge >= 0.3 is 12.0 Å². The number of carboxylic acids is 1. The molecule has 2 amide bonds. The zero-order valence-corrected chi connectivity index (χ0v) is 15.4. The Labute approximate surface area is 154 Å². The van der Waals surface area contributed by atoms with Gasteiger partial charge in [-0.05, 0) is 25.2 Å². The summed E-state index contributed by atoms with van der Waals surface area (Å²) in [5, 5.41) is 11.5. The molecule has 148 valence electrons. The maximum atomic E-state index is 11.6. The molecule has 0 unspecified atom stereocenters. The monoisotopic (exact) mass is 369 g/mol. The molecule has 3 heterocycles. The summed E-state index contributed by atoms with van der Waals surface area (Å²) in [6.07, 6.45) is 6.89. The number of epoxide rings is 1. The van der Waals surface area contributed by atoms with Gasteiger partial charge in [0.1, 0.15) is 12.2 Å². The van der Waals surface area contributed by atoms with E-state index in [9.17, 15) is 9.59 Å². The van der Waals surface area contributed by atoms with E-state index in [0.29, 0.717) is 24.9 Å². The van der Waals surface area contributed by atoms with Gasteiger partial charge in [0.2, 0.25) is 0 Å². The van der Waals surface area contributed by atoms with Crippen LogP contribution in [-0.4, -0.2) is 54.6 Å². The van der Waals surface area contributed by atoms with Crippen molar-refractivity contribution in [3.05, 3.63) is 0 Å². The SMILES string of the molecule is CCCNC(=O)NNC[C@H]1[C@@H](CCCCCCC(=O)O)[C@@H]2O[C@H]1[C@@H]1O[C@@H]12. The topological polar surface area (TPSA) is 112 Å². The Balaban J connectivity index is 1.38. The van der Waals surface area contributed by atoms with Crippen molar-refractivity contribution < 1.29 is 24.2 Å². The van der Waals surface area contributed by atoms with Gasteiger partial charge in [-0.15, -0.1) is 0 Å². The van der Waals surface area contributed by atoms with E-state index in [4.69, 9.17) is 14.6 Å². The van der Waals surface area contributed by atoms with E-state index in [1.165, 1.54) is 0 Å². The molecule has 3 saturated heterocycles. The second-order valence-electron chi connectivity index (χ2n) is 7.57. The summed E-state index contributed by atoms with van der Waals surface area (Å²) < 4.78 is 11.9. The van der Waals surface area contributed by atoms with Crippen LogP contribution < -0.4 is 16.2 Å². The lowest BCUT2D eigenvalue weighted by atomic mass is 9.76. The molecule has 8 nitrogen and oxygen atoms in total. The number of carbonyl (C=O) groups excluding carboxylic acids is 1. The third kappa shape index (κ3) is 4.66. The number of fused-ring (bicyclic) bond motifs is 5. The first-order valence-corrected chi connectivity index (χ1v) is 9.91. The van der Waals surface area contributed by atoms with Gasteiger partial charge in [0.25, 0.3) is 0 Å². The van der Waals surface area contributed by atoms with Crippen LogP contribution in [0.4, 0.5) is 4.79 Å². The fraction of sp³-hybridized carbons (Fsp3) is 0.889. The molecule has 3 aliphatic rings. The molecule has 3 aliphatic heterocycles. The highest BCUT2D eigenvalue weighted by atomic mass is 16.7. The second kappa shape index (κ2) is 9.01. The lowest BCUT2D eigenvalue weighted by Crippen LogP contribution is -2.49.